The highest BCUT2D eigenvalue weighted by molar-refractivity contribution is 5.96. The number of primary amides is 1. The molecule has 9 heteroatoms. The van der Waals surface area contributed by atoms with Crippen molar-refractivity contribution in [1.82, 2.24) is 15.3 Å². The van der Waals surface area contributed by atoms with Crippen molar-refractivity contribution < 1.29 is 14.3 Å². The zero-order valence-corrected chi connectivity index (χ0v) is 26.1. The molecule has 9 nitrogen and oxygen atoms in total. The van der Waals surface area contributed by atoms with Gasteiger partial charge in [-0.15, -0.1) is 0 Å². The minimum absolute atomic E-state index is 0.0225. The minimum Gasteiger partial charge on any atom is -0.490 e. The van der Waals surface area contributed by atoms with E-state index in [-0.39, 0.29) is 29.8 Å². The summed E-state index contributed by atoms with van der Waals surface area (Å²) in [5.74, 6) is 3.34. The van der Waals surface area contributed by atoms with Crippen LogP contribution in [0.2, 0.25) is 0 Å². The van der Waals surface area contributed by atoms with E-state index in [1.165, 1.54) is 44.1 Å². The first kappa shape index (κ1) is 29.6. The number of benzene rings is 2. The molecule has 2 atom stereocenters. The molecule has 0 spiro atoms. The fraction of sp³-hybridized carbons (Fsp3) is 0.500. The summed E-state index contributed by atoms with van der Waals surface area (Å²) in [5, 5.41) is 6.52. The summed E-state index contributed by atoms with van der Waals surface area (Å²) in [7, 11) is 0. The smallest absolute Gasteiger partial charge is 0.271 e. The van der Waals surface area contributed by atoms with Crippen molar-refractivity contribution in [1.29, 1.82) is 0 Å². The summed E-state index contributed by atoms with van der Waals surface area (Å²) in [6, 6.07) is 15.7. The van der Waals surface area contributed by atoms with Gasteiger partial charge in [0.25, 0.3) is 11.8 Å². The van der Waals surface area contributed by atoms with E-state index in [1.807, 2.05) is 36.4 Å². The largest absolute Gasteiger partial charge is 0.490 e. The molecule has 2 bridgehead atoms. The van der Waals surface area contributed by atoms with Crippen LogP contribution < -0.4 is 26.0 Å². The Morgan fingerprint density at radius 3 is 2.24 bits per heavy atom. The van der Waals surface area contributed by atoms with Crippen LogP contribution in [0.5, 0.6) is 5.75 Å². The molecule has 1 aliphatic heterocycles. The average Bonchev–Trinajstić information content (AvgIpc) is 3.92. The quantitative estimate of drug-likeness (QED) is 0.259. The van der Waals surface area contributed by atoms with Crippen molar-refractivity contribution in [2.75, 3.05) is 16.8 Å². The van der Waals surface area contributed by atoms with E-state index in [9.17, 15) is 9.59 Å². The molecule has 45 heavy (non-hydrogen) atoms. The highest BCUT2D eigenvalue weighted by Gasteiger charge is 2.33. The second-order valence-corrected chi connectivity index (χ2v) is 13.6. The standard InChI is InChI=1S/C36H44N6O3/c1-22-31(40-36(44)27-12-10-26(11-13-27)25-8-9-25)3-2-18-42(22)32-21-38-33(34(37)43)35(41-32)39-28-14-16-29(17-15-28)45-30-19-23-4-5-24(20-30)7-6-23/h10-17,21-25,30-31H,2-9,18-20H2,1H3,(H2,37,43)(H,39,41)(H,40,44)/t22-,23?,24?,30?,31-/m1/s1. The lowest BCUT2D eigenvalue weighted by Crippen LogP contribution is -2.54. The Labute approximate surface area is 265 Å². The van der Waals surface area contributed by atoms with Crippen LogP contribution in [0.1, 0.15) is 103 Å². The summed E-state index contributed by atoms with van der Waals surface area (Å²) < 4.78 is 6.41. The highest BCUT2D eigenvalue weighted by atomic mass is 16.5. The summed E-state index contributed by atoms with van der Waals surface area (Å²) in [6.45, 7) is 2.86. The van der Waals surface area contributed by atoms with E-state index >= 15 is 0 Å². The van der Waals surface area contributed by atoms with E-state index in [4.69, 9.17) is 15.5 Å². The van der Waals surface area contributed by atoms with Crippen molar-refractivity contribution in [3.63, 3.8) is 0 Å². The number of nitrogens with two attached hydrogens (primary N) is 1. The molecular formula is C36H44N6O3. The van der Waals surface area contributed by atoms with Crippen LogP contribution >= 0.6 is 0 Å². The topological polar surface area (TPSA) is 122 Å². The highest BCUT2D eigenvalue weighted by Crippen LogP contribution is 2.41. The molecule has 2 aromatic carbocycles. The lowest BCUT2D eigenvalue weighted by atomic mass is 9.84. The second kappa shape index (κ2) is 12.7. The number of rotatable bonds is 9. The normalized spacial score (nSPS) is 26.2. The summed E-state index contributed by atoms with van der Waals surface area (Å²) in [4.78, 5) is 36.8. The molecule has 4 aliphatic carbocycles. The van der Waals surface area contributed by atoms with Gasteiger partial charge in [-0.2, -0.15) is 0 Å². The third-order valence-electron chi connectivity index (χ3n) is 10.4. The number of fused-ring (bicyclic) bond motifs is 4. The first-order valence-electron chi connectivity index (χ1n) is 16.8. The van der Waals surface area contributed by atoms with E-state index < -0.39 is 5.91 Å². The van der Waals surface area contributed by atoms with Crippen LogP contribution in [0.25, 0.3) is 0 Å². The fourth-order valence-electron chi connectivity index (χ4n) is 7.61. The van der Waals surface area contributed by atoms with Gasteiger partial charge in [0, 0.05) is 29.9 Å². The fourth-order valence-corrected chi connectivity index (χ4v) is 7.61. The monoisotopic (exact) mass is 608 g/mol. The number of hydrogen-bond acceptors (Lipinski definition) is 7. The molecular weight excluding hydrogens is 564 g/mol. The third-order valence-corrected chi connectivity index (χ3v) is 10.4. The number of piperidine rings is 1. The van der Waals surface area contributed by atoms with Gasteiger partial charge in [0.05, 0.1) is 12.3 Å². The lowest BCUT2D eigenvalue weighted by Gasteiger charge is -2.40. The van der Waals surface area contributed by atoms with Gasteiger partial charge in [0.15, 0.2) is 11.5 Å². The molecule has 5 fully saturated rings. The van der Waals surface area contributed by atoms with E-state index in [1.54, 1.807) is 6.20 Å². The van der Waals surface area contributed by atoms with Crippen molar-refractivity contribution in [2.24, 2.45) is 17.6 Å². The molecule has 8 rings (SSSR count). The maximum atomic E-state index is 13.1. The number of aromatic nitrogens is 2. The molecule has 4 N–H and O–H groups in total. The molecule has 236 valence electrons. The summed E-state index contributed by atoms with van der Waals surface area (Å²) in [6.07, 6.45) is 13.8. The van der Waals surface area contributed by atoms with E-state index in [2.05, 4.69) is 39.6 Å². The Bertz CT molecular complexity index is 1500. The maximum absolute atomic E-state index is 13.1. The van der Waals surface area contributed by atoms with Crippen LogP contribution in [0.4, 0.5) is 17.3 Å². The van der Waals surface area contributed by atoms with Crippen LogP contribution in [-0.4, -0.2) is 46.5 Å². The van der Waals surface area contributed by atoms with Gasteiger partial charge >= 0.3 is 0 Å². The van der Waals surface area contributed by atoms with Crippen LogP contribution in [-0.2, 0) is 0 Å². The van der Waals surface area contributed by atoms with Crippen molar-refractivity contribution in [3.05, 3.63) is 71.5 Å². The number of carbonyl (C=O) groups is 2. The molecule has 4 saturated carbocycles. The molecule has 2 amide bonds. The van der Waals surface area contributed by atoms with Gasteiger partial charge in [-0.25, -0.2) is 9.97 Å². The van der Waals surface area contributed by atoms with E-state index in [0.717, 1.165) is 55.5 Å². The van der Waals surface area contributed by atoms with Gasteiger partial charge in [-0.1, -0.05) is 37.8 Å². The Hall–Kier alpha value is -4.14. The number of carbonyl (C=O) groups excluding carboxylic acids is 2. The van der Waals surface area contributed by atoms with Crippen molar-refractivity contribution >= 4 is 29.1 Å². The van der Waals surface area contributed by atoms with Gasteiger partial charge in [-0.05, 0) is 105 Å². The van der Waals surface area contributed by atoms with Crippen LogP contribution in [0, 0.1) is 11.8 Å². The van der Waals surface area contributed by atoms with Crippen LogP contribution in [0.15, 0.2) is 54.7 Å². The lowest BCUT2D eigenvalue weighted by molar-refractivity contribution is 0.0923. The summed E-state index contributed by atoms with van der Waals surface area (Å²) in [5.41, 5.74) is 8.53. The number of hydrogen-bond donors (Lipinski definition) is 3. The maximum Gasteiger partial charge on any atom is 0.271 e. The van der Waals surface area contributed by atoms with Crippen molar-refractivity contribution in [2.45, 2.75) is 95.2 Å². The average molecular weight is 609 g/mol. The van der Waals surface area contributed by atoms with Crippen LogP contribution in [0.3, 0.4) is 0 Å². The number of nitrogens with one attached hydrogen (secondary N) is 2. The van der Waals surface area contributed by atoms with Gasteiger partial charge < -0.3 is 26.0 Å². The first-order chi connectivity index (χ1) is 21.9. The third kappa shape index (κ3) is 6.77. The summed E-state index contributed by atoms with van der Waals surface area (Å²) >= 11 is 0. The molecule has 0 radical (unpaired) electrons. The number of anilines is 3. The molecule has 3 aromatic rings. The van der Waals surface area contributed by atoms with Gasteiger partial charge in [-0.3, -0.25) is 9.59 Å². The van der Waals surface area contributed by atoms with Crippen molar-refractivity contribution in [3.8, 4) is 5.75 Å². The number of ether oxygens (including phenoxy) is 1. The van der Waals surface area contributed by atoms with E-state index in [0.29, 0.717) is 23.1 Å². The minimum atomic E-state index is -0.649. The first-order valence-corrected chi connectivity index (χ1v) is 16.8. The Morgan fingerprint density at radius 1 is 0.911 bits per heavy atom. The predicted molar refractivity (Wildman–Crippen MR) is 175 cm³/mol. The number of nitrogens with zero attached hydrogens (tertiary/aromatic N) is 3. The van der Waals surface area contributed by atoms with Gasteiger partial charge in [0.2, 0.25) is 0 Å². The SMILES string of the molecule is C[C@@H]1[C@H](NC(=O)c2ccc(C3CC3)cc2)CCCN1c1cnc(C(N)=O)c(Nc2ccc(OC3CC4CCC(CC4)C3)cc2)n1. The Balaban J connectivity index is 1.02. The zero-order chi connectivity index (χ0) is 30.9. The molecule has 2 heterocycles. The Kier molecular flexibility index (Phi) is 8.34. The molecule has 0 unspecified atom stereocenters. The molecule has 1 saturated heterocycles. The second-order valence-electron chi connectivity index (χ2n) is 13.6. The molecule has 5 aliphatic rings. The Morgan fingerprint density at radius 2 is 1.60 bits per heavy atom. The zero-order valence-electron chi connectivity index (χ0n) is 26.1. The number of amides is 2. The molecule has 1 aromatic heterocycles. The predicted octanol–water partition coefficient (Wildman–Crippen LogP) is 6.33. The van der Waals surface area contributed by atoms with Gasteiger partial charge in [0.1, 0.15) is 11.6 Å².